The summed E-state index contributed by atoms with van der Waals surface area (Å²) in [5.41, 5.74) is 0. The summed E-state index contributed by atoms with van der Waals surface area (Å²) < 4.78 is 31.6. The summed E-state index contributed by atoms with van der Waals surface area (Å²) in [7, 11) is -4.67. The van der Waals surface area contributed by atoms with Crippen LogP contribution in [0.2, 0.25) is 0 Å². The van der Waals surface area contributed by atoms with E-state index in [1.54, 1.807) is 0 Å². The maximum Gasteiger partial charge on any atom is 0.394 e. The highest BCUT2D eigenvalue weighted by Crippen LogP contribution is 2.09. The molecule has 21 heavy (non-hydrogen) atoms. The van der Waals surface area contributed by atoms with Gasteiger partial charge in [-0.05, 0) is 56.7 Å². The zero-order valence-corrected chi connectivity index (χ0v) is 15.4. The Morgan fingerprint density at radius 3 is 1.05 bits per heavy atom. The highest BCUT2D eigenvalue weighted by molar-refractivity contribution is 7.79. The summed E-state index contributed by atoms with van der Waals surface area (Å²) in [4.78, 5) is 2.67. The molecule has 0 aliphatic heterocycles. The van der Waals surface area contributed by atoms with Gasteiger partial charge in [0.1, 0.15) is 0 Å². The maximum atomic E-state index is 8.74. The molecule has 0 aromatic heterocycles. The van der Waals surface area contributed by atoms with Gasteiger partial charge in [0.25, 0.3) is 0 Å². The van der Waals surface area contributed by atoms with E-state index in [4.69, 9.17) is 17.5 Å². The van der Waals surface area contributed by atoms with Crippen LogP contribution in [-0.2, 0) is 10.4 Å². The molecule has 0 aromatic rings. The number of nitrogens with zero attached hydrogens (tertiary/aromatic N) is 1. The predicted molar refractivity (Wildman–Crippen MR) is 89.0 cm³/mol. The van der Waals surface area contributed by atoms with Crippen molar-refractivity contribution < 1.29 is 17.5 Å². The summed E-state index contributed by atoms with van der Waals surface area (Å²) in [6.07, 6.45) is 4.03. The number of rotatable bonds is 9. The summed E-state index contributed by atoms with van der Waals surface area (Å²) in [6, 6.07) is 0. The SMILES string of the molecule is CC(C)CCN(CCC(C)C)CCC(C)C.O=S(=O)(O)O. The van der Waals surface area contributed by atoms with Gasteiger partial charge < -0.3 is 4.90 Å². The van der Waals surface area contributed by atoms with Gasteiger partial charge in [-0.2, -0.15) is 8.42 Å². The second-order valence-electron chi connectivity index (χ2n) is 6.84. The molecule has 5 nitrogen and oxygen atoms in total. The van der Waals surface area contributed by atoms with Crippen LogP contribution in [0.3, 0.4) is 0 Å². The molecule has 0 amide bonds. The topological polar surface area (TPSA) is 77.8 Å². The molecule has 0 aliphatic rings. The first-order valence-corrected chi connectivity index (χ1v) is 9.23. The third kappa shape index (κ3) is 28.7. The molecule has 0 spiro atoms. The molecule has 2 N–H and O–H groups in total. The summed E-state index contributed by atoms with van der Waals surface area (Å²) in [5.74, 6) is 2.50. The van der Waals surface area contributed by atoms with Gasteiger partial charge >= 0.3 is 10.4 Å². The Morgan fingerprint density at radius 1 is 0.714 bits per heavy atom. The van der Waals surface area contributed by atoms with Gasteiger partial charge in [-0.15, -0.1) is 0 Å². The van der Waals surface area contributed by atoms with E-state index in [0.29, 0.717) is 0 Å². The molecule has 0 aliphatic carbocycles. The van der Waals surface area contributed by atoms with Crippen LogP contribution < -0.4 is 0 Å². The summed E-state index contributed by atoms with van der Waals surface area (Å²) in [5, 5.41) is 0. The van der Waals surface area contributed by atoms with Crippen molar-refractivity contribution in [3.05, 3.63) is 0 Å². The fourth-order valence-corrected chi connectivity index (χ4v) is 1.66. The van der Waals surface area contributed by atoms with Crippen molar-refractivity contribution in [1.82, 2.24) is 4.90 Å². The van der Waals surface area contributed by atoms with Crippen molar-refractivity contribution in [2.75, 3.05) is 19.6 Å². The van der Waals surface area contributed by atoms with Crippen molar-refractivity contribution >= 4 is 10.4 Å². The lowest BCUT2D eigenvalue weighted by molar-refractivity contribution is 0.231. The average Bonchev–Trinajstić information content (AvgIpc) is 2.24. The molecule has 0 unspecified atom stereocenters. The Morgan fingerprint density at radius 2 is 0.905 bits per heavy atom. The Hall–Kier alpha value is -0.170. The first-order valence-electron chi connectivity index (χ1n) is 7.84. The lowest BCUT2D eigenvalue weighted by atomic mass is 10.1. The first kappa shape index (κ1) is 23.1. The van der Waals surface area contributed by atoms with Crippen LogP contribution in [0.5, 0.6) is 0 Å². The van der Waals surface area contributed by atoms with Crippen LogP contribution in [-0.4, -0.2) is 42.1 Å². The lowest BCUT2D eigenvalue weighted by Gasteiger charge is -2.24. The standard InChI is InChI=1S/C15H33N.H2O4S/c1-13(2)7-10-16(11-8-14(3)4)12-9-15(5)6;1-5(2,3)4/h13-15H,7-12H2,1-6H3;(H2,1,2,3,4). The number of hydrogen-bond acceptors (Lipinski definition) is 3. The molecule has 0 aromatic carbocycles. The van der Waals surface area contributed by atoms with Gasteiger partial charge in [0.05, 0.1) is 0 Å². The fourth-order valence-electron chi connectivity index (χ4n) is 1.66. The van der Waals surface area contributed by atoms with Gasteiger partial charge in [-0.1, -0.05) is 41.5 Å². The van der Waals surface area contributed by atoms with E-state index in [1.807, 2.05) is 0 Å². The molecule has 0 bridgehead atoms. The third-order valence-corrected chi connectivity index (χ3v) is 3.07. The lowest BCUT2D eigenvalue weighted by Crippen LogP contribution is -2.29. The van der Waals surface area contributed by atoms with Crippen molar-refractivity contribution in [1.29, 1.82) is 0 Å². The summed E-state index contributed by atoms with van der Waals surface area (Å²) in [6.45, 7) is 17.8. The Balaban J connectivity index is 0. The first-order chi connectivity index (χ1) is 9.41. The van der Waals surface area contributed by atoms with E-state index in [-0.39, 0.29) is 0 Å². The van der Waals surface area contributed by atoms with Crippen LogP contribution in [0.25, 0.3) is 0 Å². The van der Waals surface area contributed by atoms with Crippen LogP contribution >= 0.6 is 0 Å². The molecule has 0 atom stereocenters. The minimum atomic E-state index is -4.67. The van der Waals surface area contributed by atoms with Crippen LogP contribution in [0.1, 0.15) is 60.8 Å². The summed E-state index contributed by atoms with van der Waals surface area (Å²) >= 11 is 0. The molecule has 0 fully saturated rings. The van der Waals surface area contributed by atoms with Gasteiger partial charge in [0, 0.05) is 0 Å². The van der Waals surface area contributed by atoms with Gasteiger partial charge in [0.15, 0.2) is 0 Å². The van der Waals surface area contributed by atoms with Crippen molar-refractivity contribution in [2.24, 2.45) is 17.8 Å². The molecule has 0 radical (unpaired) electrons. The Kier molecular flexibility index (Phi) is 13.6. The normalized spacial score (nSPS) is 12.2. The molecule has 6 heteroatoms. The molecule has 130 valence electrons. The van der Waals surface area contributed by atoms with Gasteiger partial charge in [-0.25, -0.2) is 0 Å². The van der Waals surface area contributed by atoms with E-state index in [0.717, 1.165) is 17.8 Å². The minimum Gasteiger partial charge on any atom is -0.303 e. The van der Waals surface area contributed by atoms with Crippen LogP contribution in [0.15, 0.2) is 0 Å². The highest BCUT2D eigenvalue weighted by Gasteiger charge is 2.08. The van der Waals surface area contributed by atoms with E-state index < -0.39 is 10.4 Å². The Labute approximate surface area is 131 Å². The Bertz CT molecular complexity index is 290. The maximum absolute atomic E-state index is 8.74. The van der Waals surface area contributed by atoms with E-state index in [2.05, 4.69) is 46.4 Å². The quantitative estimate of drug-likeness (QED) is 0.631. The smallest absolute Gasteiger partial charge is 0.303 e. The third-order valence-electron chi connectivity index (χ3n) is 3.07. The van der Waals surface area contributed by atoms with Crippen LogP contribution in [0, 0.1) is 17.8 Å². The van der Waals surface area contributed by atoms with Crippen molar-refractivity contribution in [3.8, 4) is 0 Å². The van der Waals surface area contributed by atoms with E-state index in [9.17, 15) is 0 Å². The van der Waals surface area contributed by atoms with Crippen LogP contribution in [0.4, 0.5) is 0 Å². The second kappa shape index (κ2) is 12.4. The molecule has 0 heterocycles. The largest absolute Gasteiger partial charge is 0.394 e. The molecule has 0 rings (SSSR count). The van der Waals surface area contributed by atoms with Gasteiger partial charge in [0.2, 0.25) is 0 Å². The molecule has 0 saturated carbocycles. The van der Waals surface area contributed by atoms with Crippen molar-refractivity contribution in [3.63, 3.8) is 0 Å². The molecule has 0 saturated heterocycles. The minimum absolute atomic E-state index is 0.834. The second-order valence-corrected chi connectivity index (χ2v) is 7.73. The number of hydrogen-bond donors (Lipinski definition) is 2. The fraction of sp³-hybridized carbons (Fsp3) is 1.00. The zero-order chi connectivity index (χ0) is 17.1. The zero-order valence-electron chi connectivity index (χ0n) is 14.5. The van der Waals surface area contributed by atoms with Crippen molar-refractivity contribution in [2.45, 2.75) is 60.8 Å². The predicted octanol–water partition coefficient (Wildman–Crippen LogP) is 3.77. The van der Waals surface area contributed by atoms with E-state index in [1.165, 1.54) is 38.9 Å². The highest BCUT2D eigenvalue weighted by atomic mass is 32.3. The molecular weight excluding hydrogens is 290 g/mol. The monoisotopic (exact) mass is 325 g/mol. The van der Waals surface area contributed by atoms with E-state index >= 15 is 0 Å². The van der Waals surface area contributed by atoms with Gasteiger partial charge in [-0.3, -0.25) is 9.11 Å². The average molecular weight is 326 g/mol. The molecular formula is C15H35NO4S.